The first-order valence-corrected chi connectivity index (χ1v) is 6.21. The van der Waals surface area contributed by atoms with Crippen molar-refractivity contribution in [3.8, 4) is 0 Å². The summed E-state index contributed by atoms with van der Waals surface area (Å²) in [5.74, 6) is 0. The Balaban J connectivity index is 0.00000120. The Morgan fingerprint density at radius 2 is 1.72 bits per heavy atom. The second-order valence-electron chi connectivity index (χ2n) is 4.48. The Hall–Kier alpha value is -1.41. The van der Waals surface area contributed by atoms with Gasteiger partial charge in [-0.3, -0.25) is 0 Å². The lowest BCUT2D eigenvalue weighted by molar-refractivity contribution is -0.310. The Kier molecular flexibility index (Phi) is 3.97. The highest BCUT2D eigenvalue weighted by molar-refractivity contribution is 5.90. The Morgan fingerprint density at radius 3 is 2.56 bits per heavy atom. The lowest BCUT2D eigenvalue weighted by atomic mass is 10.0. The van der Waals surface area contributed by atoms with Crippen molar-refractivity contribution in [3.05, 3.63) is 54.1 Å². The molecule has 0 unspecified atom stereocenters. The quantitative estimate of drug-likeness (QED) is 0.621. The van der Waals surface area contributed by atoms with E-state index in [0.29, 0.717) is 0 Å². The third kappa shape index (κ3) is 2.25. The van der Waals surface area contributed by atoms with Crippen molar-refractivity contribution in [2.75, 3.05) is 0 Å². The number of pyridine rings is 1. The predicted molar refractivity (Wildman–Crippen MR) is 72.0 cm³/mol. The van der Waals surface area contributed by atoms with Crippen LogP contribution >= 0.6 is 0 Å². The number of fused-ring (bicyclic) bond motifs is 2. The maximum atomic E-state index is 3.51. The molecule has 3 rings (SSSR count). The van der Waals surface area contributed by atoms with Gasteiger partial charge in [-0.05, 0) is 24.1 Å². The molecule has 1 aromatic heterocycles. The first kappa shape index (κ1) is 13.0. The summed E-state index contributed by atoms with van der Waals surface area (Å²) in [4.78, 5) is 3.51. The molecule has 0 aliphatic carbocycles. The summed E-state index contributed by atoms with van der Waals surface area (Å²) < 4.78 is 0. The van der Waals surface area contributed by atoms with E-state index in [1.54, 1.807) is 0 Å². The van der Waals surface area contributed by atoms with Crippen molar-refractivity contribution in [3.63, 3.8) is 0 Å². The molecule has 0 radical (unpaired) electrons. The van der Waals surface area contributed by atoms with E-state index in [4.69, 9.17) is 0 Å². The minimum Gasteiger partial charge on any atom is -1.00 e. The molecule has 92 valence electrons. The van der Waals surface area contributed by atoms with Crippen LogP contribution in [0, 0.1) is 0 Å². The third-order valence-corrected chi connectivity index (χ3v) is 3.25. The number of hydrogen-bond acceptors (Lipinski definition) is 0. The van der Waals surface area contributed by atoms with Gasteiger partial charge in [0.2, 0.25) is 11.0 Å². The van der Waals surface area contributed by atoms with E-state index >= 15 is 0 Å². The van der Waals surface area contributed by atoms with Crippen molar-refractivity contribution in [2.45, 2.75) is 19.8 Å². The number of rotatable bonds is 2. The van der Waals surface area contributed by atoms with Crippen LogP contribution in [0.2, 0.25) is 0 Å². The lowest BCUT2D eigenvalue weighted by Gasteiger charge is -2.02. The highest BCUT2D eigenvalue weighted by Gasteiger charge is 2.08. The second kappa shape index (κ2) is 5.49. The van der Waals surface area contributed by atoms with Crippen LogP contribution in [0.4, 0.5) is 0 Å². The van der Waals surface area contributed by atoms with E-state index in [-0.39, 0.29) is 17.0 Å². The molecular formula is C16H16BrN. The normalized spacial score (nSPS) is 10.5. The highest BCUT2D eigenvalue weighted by atomic mass is 79.9. The number of benzene rings is 2. The van der Waals surface area contributed by atoms with E-state index in [9.17, 15) is 0 Å². The van der Waals surface area contributed by atoms with E-state index in [1.165, 1.54) is 33.8 Å². The monoisotopic (exact) mass is 301 g/mol. The van der Waals surface area contributed by atoms with Crippen LogP contribution in [0.5, 0.6) is 0 Å². The SMILES string of the molecule is CCCc1cccc2[nH+]c3ccccc3cc12.[Br-]. The van der Waals surface area contributed by atoms with Crippen LogP contribution in [0.25, 0.3) is 21.8 Å². The molecule has 3 aromatic rings. The molecule has 0 saturated carbocycles. The summed E-state index contributed by atoms with van der Waals surface area (Å²) in [6, 6.07) is 17.3. The van der Waals surface area contributed by atoms with Crippen LogP contribution in [-0.4, -0.2) is 0 Å². The summed E-state index contributed by atoms with van der Waals surface area (Å²) in [5, 5.41) is 2.64. The summed E-state index contributed by atoms with van der Waals surface area (Å²) >= 11 is 0. The van der Waals surface area contributed by atoms with Gasteiger partial charge in [-0.15, -0.1) is 0 Å². The minimum absolute atomic E-state index is 0. The highest BCUT2D eigenvalue weighted by Crippen LogP contribution is 2.20. The molecule has 0 fully saturated rings. The molecule has 0 amide bonds. The molecule has 1 N–H and O–H groups in total. The van der Waals surface area contributed by atoms with Gasteiger partial charge in [-0.25, -0.2) is 4.98 Å². The minimum atomic E-state index is 0. The molecule has 2 aromatic carbocycles. The molecule has 0 aliphatic heterocycles. The molecule has 18 heavy (non-hydrogen) atoms. The van der Waals surface area contributed by atoms with Gasteiger partial charge in [-0.2, -0.15) is 0 Å². The zero-order valence-electron chi connectivity index (χ0n) is 10.4. The van der Waals surface area contributed by atoms with Crippen LogP contribution in [0.15, 0.2) is 48.5 Å². The molecule has 0 saturated heterocycles. The van der Waals surface area contributed by atoms with Crippen LogP contribution in [-0.2, 0) is 6.42 Å². The number of H-pyrrole nitrogens is 1. The number of para-hydroxylation sites is 1. The van der Waals surface area contributed by atoms with Gasteiger partial charge in [0.25, 0.3) is 0 Å². The first-order valence-electron chi connectivity index (χ1n) is 6.21. The van der Waals surface area contributed by atoms with Crippen LogP contribution in [0.1, 0.15) is 18.9 Å². The zero-order valence-corrected chi connectivity index (χ0v) is 12.0. The Morgan fingerprint density at radius 1 is 0.944 bits per heavy atom. The molecule has 1 heterocycles. The third-order valence-electron chi connectivity index (χ3n) is 3.25. The predicted octanol–water partition coefficient (Wildman–Crippen LogP) is 0.764. The Labute approximate surface area is 118 Å². The van der Waals surface area contributed by atoms with Crippen molar-refractivity contribution >= 4 is 21.8 Å². The van der Waals surface area contributed by atoms with Gasteiger partial charge in [0.05, 0.1) is 5.39 Å². The summed E-state index contributed by atoms with van der Waals surface area (Å²) in [7, 11) is 0. The lowest BCUT2D eigenvalue weighted by Crippen LogP contribution is -3.00. The number of aromatic nitrogens is 1. The number of aryl methyl sites for hydroxylation is 1. The van der Waals surface area contributed by atoms with Gasteiger partial charge in [0, 0.05) is 17.5 Å². The summed E-state index contributed by atoms with van der Waals surface area (Å²) in [5.41, 5.74) is 3.87. The fourth-order valence-corrected chi connectivity index (χ4v) is 2.42. The fourth-order valence-electron chi connectivity index (χ4n) is 2.42. The molecule has 1 nitrogen and oxygen atoms in total. The molecule has 0 atom stereocenters. The van der Waals surface area contributed by atoms with E-state index in [1.807, 2.05) is 0 Å². The maximum Gasteiger partial charge on any atom is 0.211 e. The molecular weight excluding hydrogens is 286 g/mol. The second-order valence-corrected chi connectivity index (χ2v) is 4.48. The Bertz CT molecular complexity index is 676. The van der Waals surface area contributed by atoms with Gasteiger partial charge in [-0.1, -0.05) is 37.6 Å². The van der Waals surface area contributed by atoms with Crippen molar-refractivity contribution in [1.29, 1.82) is 0 Å². The van der Waals surface area contributed by atoms with Gasteiger partial charge in [0.1, 0.15) is 0 Å². The fraction of sp³-hybridized carbons (Fsp3) is 0.188. The first-order chi connectivity index (χ1) is 8.38. The number of halogens is 1. The number of nitrogens with one attached hydrogen (secondary N) is 1. The standard InChI is InChI=1S/C16H15N.BrH/c1-2-6-12-8-5-10-16-14(12)11-13-7-3-4-9-15(13)17-16;/h3-5,7-11H,2,6H2,1H3;1H. The summed E-state index contributed by atoms with van der Waals surface area (Å²) in [6.45, 7) is 2.23. The topological polar surface area (TPSA) is 14.1 Å². The van der Waals surface area contributed by atoms with Crippen molar-refractivity contribution in [2.24, 2.45) is 0 Å². The number of aromatic amines is 1. The largest absolute Gasteiger partial charge is 1.00 e. The van der Waals surface area contributed by atoms with E-state index < -0.39 is 0 Å². The van der Waals surface area contributed by atoms with E-state index in [2.05, 4.69) is 60.4 Å². The van der Waals surface area contributed by atoms with Gasteiger partial charge >= 0.3 is 0 Å². The van der Waals surface area contributed by atoms with Crippen molar-refractivity contribution in [1.82, 2.24) is 0 Å². The molecule has 2 heteroatoms. The van der Waals surface area contributed by atoms with Gasteiger partial charge in [0.15, 0.2) is 0 Å². The maximum absolute atomic E-state index is 3.51. The van der Waals surface area contributed by atoms with Crippen molar-refractivity contribution < 1.29 is 22.0 Å². The zero-order chi connectivity index (χ0) is 11.7. The molecule has 0 bridgehead atoms. The molecule has 0 spiro atoms. The van der Waals surface area contributed by atoms with Crippen LogP contribution < -0.4 is 22.0 Å². The summed E-state index contributed by atoms with van der Waals surface area (Å²) in [6.07, 6.45) is 2.33. The van der Waals surface area contributed by atoms with E-state index in [0.717, 1.165) is 6.42 Å². The number of hydrogen-bond donors (Lipinski definition) is 0. The molecule has 0 aliphatic rings. The van der Waals surface area contributed by atoms with Crippen LogP contribution in [0.3, 0.4) is 0 Å². The average molecular weight is 302 g/mol. The average Bonchev–Trinajstić information content (AvgIpc) is 2.37. The smallest absolute Gasteiger partial charge is 0.211 e. The van der Waals surface area contributed by atoms with Gasteiger partial charge < -0.3 is 17.0 Å².